The number of benzene rings is 4. The SMILES string of the molecule is Cn1cnnc1SC[C@H]1C[C@@H](c2ccc(CO)cc2)O[C@@H](c2ccc(-c3ccccc3CNC(=O)CCCCCC(=O)Nc3ccccc3N)cc2)O1. The van der Waals surface area contributed by atoms with Gasteiger partial charge in [-0.1, -0.05) is 103 Å². The van der Waals surface area contributed by atoms with E-state index < -0.39 is 6.29 Å². The molecule has 3 atom stereocenters. The van der Waals surface area contributed by atoms with Crippen LogP contribution in [0.1, 0.15) is 73.2 Å². The zero-order valence-corrected chi connectivity index (χ0v) is 30.6. The lowest BCUT2D eigenvalue weighted by molar-refractivity contribution is -0.245. The molecule has 0 aliphatic carbocycles. The van der Waals surface area contributed by atoms with Gasteiger partial charge in [-0.15, -0.1) is 10.2 Å². The van der Waals surface area contributed by atoms with Crippen LogP contribution in [0.3, 0.4) is 0 Å². The second-order valence-corrected chi connectivity index (χ2v) is 14.1. The molecular formula is C41H46N6O5S. The number of unbranched alkanes of at least 4 members (excludes halogenated alkanes) is 2. The minimum atomic E-state index is -0.572. The highest BCUT2D eigenvalue weighted by molar-refractivity contribution is 7.99. The molecule has 276 valence electrons. The van der Waals surface area contributed by atoms with E-state index in [0.717, 1.165) is 45.0 Å². The highest BCUT2D eigenvalue weighted by atomic mass is 32.2. The normalized spacial score (nSPS) is 17.0. The number of nitrogen functional groups attached to an aromatic ring is 1. The second-order valence-electron chi connectivity index (χ2n) is 13.1. The van der Waals surface area contributed by atoms with E-state index >= 15 is 0 Å². The molecule has 11 nitrogen and oxygen atoms in total. The van der Waals surface area contributed by atoms with Crippen molar-refractivity contribution in [2.45, 2.75) is 75.3 Å². The van der Waals surface area contributed by atoms with Gasteiger partial charge in [0.05, 0.1) is 30.2 Å². The third-order valence-corrected chi connectivity index (χ3v) is 10.4. The number of para-hydroxylation sites is 2. The molecule has 0 unspecified atom stereocenters. The minimum absolute atomic E-state index is 0.00802. The van der Waals surface area contributed by atoms with Gasteiger partial charge >= 0.3 is 0 Å². The molecule has 12 heteroatoms. The Hall–Kier alpha value is -5.01. The topological polar surface area (TPSA) is 154 Å². The van der Waals surface area contributed by atoms with Crippen molar-refractivity contribution in [2.75, 3.05) is 16.8 Å². The van der Waals surface area contributed by atoms with E-state index in [2.05, 4.69) is 39.0 Å². The van der Waals surface area contributed by atoms with Crippen LogP contribution in [0.25, 0.3) is 11.1 Å². The van der Waals surface area contributed by atoms with Gasteiger partial charge in [-0.3, -0.25) is 9.59 Å². The van der Waals surface area contributed by atoms with Crippen LogP contribution in [0.5, 0.6) is 0 Å². The Bertz CT molecular complexity index is 1950. The molecule has 5 N–H and O–H groups in total. The fraction of sp³-hybridized carbons (Fsp3) is 0.317. The third kappa shape index (κ3) is 10.5. The van der Waals surface area contributed by atoms with Crippen LogP contribution in [0, 0.1) is 0 Å². The van der Waals surface area contributed by atoms with Crippen molar-refractivity contribution in [3.05, 3.63) is 126 Å². The number of amides is 2. The summed E-state index contributed by atoms with van der Waals surface area (Å²) >= 11 is 1.60. The van der Waals surface area contributed by atoms with Gasteiger partial charge in [0, 0.05) is 44.2 Å². The molecule has 1 aromatic heterocycles. The Morgan fingerprint density at radius 2 is 1.60 bits per heavy atom. The van der Waals surface area contributed by atoms with Crippen molar-refractivity contribution >= 4 is 35.0 Å². The first kappa shape index (κ1) is 37.7. The lowest BCUT2D eigenvalue weighted by Gasteiger charge is -2.36. The van der Waals surface area contributed by atoms with Crippen molar-refractivity contribution < 1.29 is 24.2 Å². The Morgan fingerprint density at radius 1 is 0.887 bits per heavy atom. The molecular weight excluding hydrogens is 689 g/mol. The quantitative estimate of drug-likeness (QED) is 0.0472. The first-order chi connectivity index (χ1) is 25.9. The zero-order chi connectivity index (χ0) is 37.0. The summed E-state index contributed by atoms with van der Waals surface area (Å²) in [6.07, 6.45) is 4.47. The second kappa shape index (κ2) is 18.7. The number of carbonyl (C=O) groups excluding carboxylic acids is 2. The van der Waals surface area contributed by atoms with Crippen molar-refractivity contribution in [1.82, 2.24) is 20.1 Å². The zero-order valence-electron chi connectivity index (χ0n) is 29.8. The van der Waals surface area contributed by atoms with Crippen LogP contribution in [0.4, 0.5) is 11.4 Å². The number of rotatable bonds is 16. The number of nitrogens with zero attached hydrogens (tertiary/aromatic N) is 3. The number of carbonyl (C=O) groups is 2. The van der Waals surface area contributed by atoms with Crippen LogP contribution in [-0.2, 0) is 39.3 Å². The van der Waals surface area contributed by atoms with Gasteiger partial charge in [0.2, 0.25) is 11.8 Å². The summed E-state index contributed by atoms with van der Waals surface area (Å²) in [4.78, 5) is 25.0. The standard InChI is InChI=1S/C41H46N6O5S/c1-47-27-44-46-41(47)53-26-33-23-37(30-17-15-28(25-48)16-18-30)52-40(51-33)31-21-19-29(20-22-31)34-10-6-5-9-32(34)24-43-38(49)13-3-2-4-14-39(50)45-36-12-8-7-11-35(36)42/h5-12,15-22,27,33,37,40,48H,2-4,13-14,23-26,42H2,1H3,(H,43,49)(H,45,50)/t33-,37+,40+/m1/s1. The molecule has 2 amide bonds. The Morgan fingerprint density at radius 3 is 2.34 bits per heavy atom. The number of aromatic nitrogens is 3. The van der Waals surface area contributed by atoms with Gasteiger partial charge < -0.3 is 35.5 Å². The Kier molecular flexibility index (Phi) is 13.3. The fourth-order valence-corrected chi connectivity index (χ4v) is 7.13. The lowest BCUT2D eigenvalue weighted by Crippen LogP contribution is -2.31. The van der Waals surface area contributed by atoms with E-state index in [-0.39, 0.29) is 30.6 Å². The molecule has 1 aliphatic heterocycles. The van der Waals surface area contributed by atoms with E-state index in [4.69, 9.17) is 15.2 Å². The number of aryl methyl sites for hydroxylation is 1. The van der Waals surface area contributed by atoms with Crippen molar-refractivity contribution in [3.63, 3.8) is 0 Å². The molecule has 1 saturated heterocycles. The smallest absolute Gasteiger partial charge is 0.224 e. The summed E-state index contributed by atoms with van der Waals surface area (Å²) < 4.78 is 15.0. The molecule has 1 aliphatic rings. The molecule has 0 radical (unpaired) electrons. The summed E-state index contributed by atoms with van der Waals surface area (Å²) in [6.45, 7) is 0.403. The number of thioether (sulfide) groups is 1. The predicted octanol–water partition coefficient (Wildman–Crippen LogP) is 7.10. The minimum Gasteiger partial charge on any atom is -0.397 e. The van der Waals surface area contributed by atoms with Crippen LogP contribution in [-0.4, -0.2) is 43.5 Å². The molecule has 2 heterocycles. The third-order valence-electron chi connectivity index (χ3n) is 9.21. The Balaban J connectivity index is 1.02. The number of ether oxygens (including phenoxy) is 2. The average Bonchev–Trinajstić information content (AvgIpc) is 3.61. The maximum atomic E-state index is 12.7. The fourth-order valence-electron chi connectivity index (χ4n) is 6.22. The molecule has 6 rings (SSSR count). The van der Waals surface area contributed by atoms with Crippen LogP contribution >= 0.6 is 11.8 Å². The highest BCUT2D eigenvalue weighted by Crippen LogP contribution is 2.40. The molecule has 0 bridgehead atoms. The summed E-state index contributed by atoms with van der Waals surface area (Å²) in [5.74, 6) is 0.593. The maximum absolute atomic E-state index is 12.7. The van der Waals surface area contributed by atoms with Crippen LogP contribution < -0.4 is 16.4 Å². The van der Waals surface area contributed by atoms with Gasteiger partial charge in [-0.25, -0.2) is 0 Å². The monoisotopic (exact) mass is 734 g/mol. The molecule has 4 aromatic carbocycles. The van der Waals surface area contributed by atoms with Crippen molar-refractivity contribution in [1.29, 1.82) is 0 Å². The number of nitrogens with two attached hydrogens (primary N) is 1. The number of aliphatic hydroxyl groups is 1. The first-order valence-electron chi connectivity index (χ1n) is 17.9. The van der Waals surface area contributed by atoms with Gasteiger partial charge in [-0.2, -0.15) is 0 Å². The van der Waals surface area contributed by atoms with Gasteiger partial charge in [0.15, 0.2) is 11.4 Å². The average molecular weight is 735 g/mol. The molecule has 1 fully saturated rings. The Labute approximate surface area is 314 Å². The lowest BCUT2D eigenvalue weighted by atomic mass is 9.97. The van der Waals surface area contributed by atoms with E-state index in [9.17, 15) is 14.7 Å². The number of anilines is 2. The van der Waals surface area contributed by atoms with E-state index in [1.807, 2.05) is 78.3 Å². The number of hydrogen-bond acceptors (Lipinski definition) is 9. The highest BCUT2D eigenvalue weighted by Gasteiger charge is 2.32. The molecule has 0 spiro atoms. The number of nitrogens with one attached hydrogen (secondary N) is 2. The molecule has 53 heavy (non-hydrogen) atoms. The number of hydrogen-bond donors (Lipinski definition) is 4. The number of aliphatic hydroxyl groups excluding tert-OH is 1. The summed E-state index contributed by atoms with van der Waals surface area (Å²) in [5, 5.41) is 24.5. The molecule has 5 aromatic rings. The summed E-state index contributed by atoms with van der Waals surface area (Å²) in [7, 11) is 1.92. The summed E-state index contributed by atoms with van der Waals surface area (Å²) in [6, 6.07) is 31.3. The largest absolute Gasteiger partial charge is 0.397 e. The van der Waals surface area contributed by atoms with Gasteiger partial charge in [0.1, 0.15) is 6.33 Å². The van der Waals surface area contributed by atoms with E-state index in [1.165, 1.54) is 0 Å². The predicted molar refractivity (Wildman–Crippen MR) is 206 cm³/mol. The van der Waals surface area contributed by atoms with Gasteiger partial charge in [-0.05, 0) is 52.8 Å². The molecule has 0 saturated carbocycles. The van der Waals surface area contributed by atoms with Crippen molar-refractivity contribution in [3.8, 4) is 11.1 Å². The van der Waals surface area contributed by atoms with Crippen LogP contribution in [0.15, 0.2) is 109 Å². The first-order valence-corrected chi connectivity index (χ1v) is 18.9. The van der Waals surface area contributed by atoms with Gasteiger partial charge in [0.25, 0.3) is 0 Å². The van der Waals surface area contributed by atoms with Crippen molar-refractivity contribution in [2.24, 2.45) is 7.05 Å². The maximum Gasteiger partial charge on any atom is 0.224 e. The van der Waals surface area contributed by atoms with E-state index in [1.54, 1.807) is 30.2 Å². The summed E-state index contributed by atoms with van der Waals surface area (Å²) in [5.41, 5.74) is 12.9. The van der Waals surface area contributed by atoms with E-state index in [0.29, 0.717) is 55.8 Å². The van der Waals surface area contributed by atoms with Crippen LogP contribution in [0.2, 0.25) is 0 Å².